The summed E-state index contributed by atoms with van der Waals surface area (Å²) >= 11 is 0. The van der Waals surface area contributed by atoms with Crippen LogP contribution in [0.2, 0.25) is 0 Å². The van der Waals surface area contributed by atoms with Crippen LogP contribution in [0.3, 0.4) is 0 Å². The number of amides is 1. The molecule has 0 heterocycles. The topological polar surface area (TPSA) is 52.9 Å². The Labute approximate surface area is 112 Å². The van der Waals surface area contributed by atoms with E-state index in [0.29, 0.717) is 24.0 Å². The van der Waals surface area contributed by atoms with Gasteiger partial charge in [-0.05, 0) is 50.3 Å². The van der Waals surface area contributed by atoms with Crippen molar-refractivity contribution < 1.29 is 9.18 Å². The number of halogens is 1. The number of hydrogen-bond acceptors (Lipinski definition) is 2. The normalized spacial score (nSPS) is 18.0. The number of carbonyl (C=O) groups excluding carboxylic acids is 1. The summed E-state index contributed by atoms with van der Waals surface area (Å²) in [6.07, 6.45) is 2.14. The van der Waals surface area contributed by atoms with E-state index >= 15 is 0 Å². The van der Waals surface area contributed by atoms with Crippen LogP contribution >= 0.6 is 0 Å². The summed E-state index contributed by atoms with van der Waals surface area (Å²) in [4.78, 5) is 12.1. The maximum atomic E-state index is 13.5. The van der Waals surface area contributed by atoms with Crippen molar-refractivity contribution >= 4 is 5.91 Å². The fourth-order valence-electron chi connectivity index (χ4n) is 2.22. The van der Waals surface area contributed by atoms with Gasteiger partial charge in [0, 0.05) is 0 Å². The summed E-state index contributed by atoms with van der Waals surface area (Å²) in [7, 11) is 0. The minimum absolute atomic E-state index is 0.241. The van der Waals surface area contributed by atoms with E-state index in [1.807, 2.05) is 0 Å². The number of nitrogens with zero attached hydrogens (tertiary/aromatic N) is 1. The number of hydrogen-bond donors (Lipinski definition) is 1. The molecule has 1 aliphatic rings. The first-order chi connectivity index (χ1) is 8.98. The molecule has 0 spiro atoms. The van der Waals surface area contributed by atoms with Crippen molar-refractivity contribution in [2.75, 3.05) is 0 Å². The van der Waals surface area contributed by atoms with E-state index in [1.165, 1.54) is 6.07 Å². The number of nitrogens with one attached hydrogen (secondary N) is 1. The molecule has 0 radical (unpaired) electrons. The molecule has 0 aromatic heterocycles. The lowest BCUT2D eigenvalue weighted by Crippen LogP contribution is -2.45. The first-order valence-electron chi connectivity index (χ1n) is 6.47. The lowest BCUT2D eigenvalue weighted by molar-refractivity contribution is -0.132. The molecule has 1 N–H and O–H groups in total. The molecule has 0 aliphatic heterocycles. The Bertz CT molecular complexity index is 544. The van der Waals surface area contributed by atoms with E-state index in [-0.39, 0.29) is 17.8 Å². The third-order valence-electron chi connectivity index (χ3n) is 3.90. The first-order valence-corrected chi connectivity index (χ1v) is 6.47. The molecule has 1 amide bonds. The summed E-state index contributed by atoms with van der Waals surface area (Å²) in [6, 6.07) is 6.72. The van der Waals surface area contributed by atoms with Crippen LogP contribution in [0.5, 0.6) is 0 Å². The van der Waals surface area contributed by atoms with Crippen molar-refractivity contribution in [1.82, 2.24) is 5.32 Å². The Morgan fingerprint density at radius 1 is 1.53 bits per heavy atom. The largest absolute Gasteiger partial charge is 0.348 e. The molecule has 2 rings (SSSR count). The highest BCUT2D eigenvalue weighted by Gasteiger charge is 2.44. The molecule has 3 nitrogen and oxygen atoms in total. The highest BCUT2D eigenvalue weighted by molar-refractivity contribution is 5.86. The van der Waals surface area contributed by atoms with Crippen molar-refractivity contribution in [3.05, 3.63) is 35.1 Å². The fourth-order valence-corrected chi connectivity index (χ4v) is 2.22. The second-order valence-corrected chi connectivity index (χ2v) is 5.25. The van der Waals surface area contributed by atoms with Crippen molar-refractivity contribution in [2.45, 2.75) is 39.2 Å². The van der Waals surface area contributed by atoms with Crippen molar-refractivity contribution in [2.24, 2.45) is 5.41 Å². The summed E-state index contributed by atoms with van der Waals surface area (Å²) in [5.74, 6) is -0.521. The smallest absolute Gasteiger partial charge is 0.240 e. The van der Waals surface area contributed by atoms with Crippen molar-refractivity contribution in [3.63, 3.8) is 0 Å². The molecule has 1 aromatic carbocycles. The van der Waals surface area contributed by atoms with Crippen LogP contribution in [0.25, 0.3) is 0 Å². The van der Waals surface area contributed by atoms with Gasteiger partial charge < -0.3 is 5.32 Å². The third kappa shape index (κ3) is 2.46. The molecule has 0 saturated heterocycles. The summed E-state index contributed by atoms with van der Waals surface area (Å²) in [5.41, 5.74) is 0.427. The Hall–Kier alpha value is -1.89. The minimum atomic E-state index is -0.864. The van der Waals surface area contributed by atoms with Crippen molar-refractivity contribution in [3.8, 4) is 6.07 Å². The van der Waals surface area contributed by atoms with Gasteiger partial charge in [0.05, 0.1) is 12.1 Å². The maximum Gasteiger partial charge on any atom is 0.240 e. The van der Waals surface area contributed by atoms with E-state index in [1.54, 1.807) is 26.0 Å². The Kier molecular flexibility index (Phi) is 3.57. The zero-order valence-corrected chi connectivity index (χ0v) is 11.2. The molecular formula is C15H17FN2O. The van der Waals surface area contributed by atoms with Crippen LogP contribution < -0.4 is 5.32 Å². The summed E-state index contributed by atoms with van der Waals surface area (Å²) < 4.78 is 13.5. The number of rotatable bonds is 3. The SMILES string of the molecule is Cc1ccc(C(C)NC(=O)C2(C#N)CCC2)cc1F. The first kappa shape index (κ1) is 13.5. The van der Waals surface area contributed by atoms with Gasteiger partial charge in [0.1, 0.15) is 11.2 Å². The lowest BCUT2D eigenvalue weighted by atomic mass is 9.69. The van der Waals surface area contributed by atoms with Crippen LogP contribution in [-0.2, 0) is 4.79 Å². The van der Waals surface area contributed by atoms with Gasteiger partial charge in [-0.2, -0.15) is 5.26 Å². The maximum absolute atomic E-state index is 13.5. The Morgan fingerprint density at radius 2 is 2.21 bits per heavy atom. The van der Waals surface area contributed by atoms with E-state index in [0.717, 1.165) is 6.42 Å². The van der Waals surface area contributed by atoms with Crippen LogP contribution in [-0.4, -0.2) is 5.91 Å². The lowest BCUT2D eigenvalue weighted by Gasteiger charge is -2.34. The van der Waals surface area contributed by atoms with Gasteiger partial charge in [-0.3, -0.25) is 4.79 Å². The van der Waals surface area contributed by atoms with Gasteiger partial charge in [0.25, 0.3) is 0 Å². The number of nitriles is 1. The second-order valence-electron chi connectivity index (χ2n) is 5.25. The molecule has 19 heavy (non-hydrogen) atoms. The number of benzene rings is 1. The third-order valence-corrected chi connectivity index (χ3v) is 3.90. The molecule has 4 heteroatoms. The average Bonchev–Trinajstić information content (AvgIpc) is 2.31. The number of aryl methyl sites for hydroxylation is 1. The molecule has 1 aliphatic carbocycles. The molecule has 1 atom stereocenters. The number of carbonyl (C=O) groups is 1. The predicted molar refractivity (Wildman–Crippen MR) is 69.6 cm³/mol. The molecule has 1 aromatic rings. The van der Waals surface area contributed by atoms with Crippen molar-refractivity contribution in [1.29, 1.82) is 5.26 Å². The van der Waals surface area contributed by atoms with Gasteiger partial charge in [-0.1, -0.05) is 12.1 Å². The van der Waals surface area contributed by atoms with Crippen LogP contribution in [0, 0.1) is 29.5 Å². The second kappa shape index (κ2) is 5.00. The van der Waals surface area contributed by atoms with E-state index < -0.39 is 5.41 Å². The standard InChI is InChI=1S/C15H17FN2O/c1-10-4-5-12(8-13(10)16)11(2)18-14(19)15(9-17)6-3-7-15/h4-5,8,11H,3,6-7H2,1-2H3,(H,18,19). The summed E-state index contributed by atoms with van der Waals surface area (Å²) in [6.45, 7) is 3.49. The average molecular weight is 260 g/mol. The minimum Gasteiger partial charge on any atom is -0.348 e. The molecule has 1 saturated carbocycles. The summed E-state index contributed by atoms with van der Waals surface area (Å²) in [5, 5.41) is 11.9. The Balaban J connectivity index is 2.09. The van der Waals surface area contributed by atoms with E-state index in [2.05, 4.69) is 11.4 Å². The molecular weight excluding hydrogens is 243 g/mol. The van der Waals surface area contributed by atoms with E-state index in [9.17, 15) is 9.18 Å². The Morgan fingerprint density at radius 3 is 2.68 bits per heavy atom. The predicted octanol–water partition coefficient (Wildman–Crippen LogP) is 3.01. The van der Waals surface area contributed by atoms with E-state index in [4.69, 9.17) is 5.26 Å². The molecule has 100 valence electrons. The zero-order valence-electron chi connectivity index (χ0n) is 11.2. The highest BCUT2D eigenvalue weighted by atomic mass is 19.1. The van der Waals surface area contributed by atoms with Gasteiger partial charge >= 0.3 is 0 Å². The zero-order chi connectivity index (χ0) is 14.0. The highest BCUT2D eigenvalue weighted by Crippen LogP contribution is 2.40. The van der Waals surface area contributed by atoms with Gasteiger partial charge in [0.15, 0.2) is 0 Å². The van der Waals surface area contributed by atoms with Gasteiger partial charge in [0.2, 0.25) is 5.91 Å². The molecule has 1 fully saturated rings. The van der Waals surface area contributed by atoms with Crippen LogP contribution in [0.15, 0.2) is 18.2 Å². The van der Waals surface area contributed by atoms with Crippen LogP contribution in [0.4, 0.5) is 4.39 Å². The molecule has 0 bridgehead atoms. The monoisotopic (exact) mass is 260 g/mol. The van der Waals surface area contributed by atoms with Gasteiger partial charge in [-0.15, -0.1) is 0 Å². The fraction of sp³-hybridized carbons (Fsp3) is 0.467. The quantitative estimate of drug-likeness (QED) is 0.908. The van der Waals surface area contributed by atoms with Gasteiger partial charge in [-0.25, -0.2) is 4.39 Å². The van der Waals surface area contributed by atoms with Crippen LogP contribution in [0.1, 0.15) is 43.4 Å². The molecule has 1 unspecified atom stereocenters.